The molecule has 0 amide bonds. The third-order valence-corrected chi connectivity index (χ3v) is 3.81. The molecule has 0 atom stereocenters. The Kier molecular flexibility index (Phi) is 3.88. The molecule has 0 radical (unpaired) electrons. The van der Waals surface area contributed by atoms with Gasteiger partial charge >= 0.3 is 5.97 Å². The highest BCUT2D eigenvalue weighted by Crippen LogP contribution is 2.29. The Labute approximate surface area is 136 Å². The third kappa shape index (κ3) is 2.58. The number of hydrogen-bond acceptors (Lipinski definition) is 2. The normalized spacial score (nSPS) is 10.6. The van der Waals surface area contributed by atoms with Crippen LogP contribution in [0.25, 0.3) is 16.9 Å². The molecular weight excluding hydrogens is 323 g/mol. The number of benzene rings is 2. The van der Waals surface area contributed by atoms with Crippen LogP contribution < -0.4 is 0 Å². The van der Waals surface area contributed by atoms with Crippen molar-refractivity contribution in [1.82, 2.24) is 9.78 Å². The fraction of sp³-hybridized carbons (Fsp3) is 0. The third-order valence-electron chi connectivity index (χ3n) is 3.16. The second-order valence-electron chi connectivity index (χ2n) is 4.56. The van der Waals surface area contributed by atoms with Crippen molar-refractivity contribution in [2.75, 3.05) is 0 Å². The number of aromatic carboxylic acids is 1. The van der Waals surface area contributed by atoms with Crippen LogP contribution in [0.5, 0.6) is 0 Å². The summed E-state index contributed by atoms with van der Waals surface area (Å²) in [7, 11) is 0. The second kappa shape index (κ2) is 5.83. The first-order valence-electron chi connectivity index (χ1n) is 6.41. The molecule has 0 saturated carbocycles. The van der Waals surface area contributed by atoms with Gasteiger partial charge in [-0.2, -0.15) is 5.10 Å². The Morgan fingerprint density at radius 3 is 2.27 bits per heavy atom. The zero-order valence-corrected chi connectivity index (χ0v) is 12.7. The van der Waals surface area contributed by atoms with Gasteiger partial charge in [0.2, 0.25) is 0 Å². The maximum absolute atomic E-state index is 11.5. The highest BCUT2D eigenvalue weighted by atomic mass is 35.5. The summed E-state index contributed by atoms with van der Waals surface area (Å²) in [5.74, 6) is -1.09. The van der Waals surface area contributed by atoms with E-state index in [-0.39, 0.29) is 5.69 Å². The van der Waals surface area contributed by atoms with Gasteiger partial charge in [-0.15, -0.1) is 0 Å². The number of carboxylic acid groups (broad SMARTS) is 1. The SMILES string of the molecule is O=C(O)c1cc(-c2ccccc2Cl)nn1-c1ccccc1Cl. The van der Waals surface area contributed by atoms with Gasteiger partial charge in [-0.3, -0.25) is 0 Å². The summed E-state index contributed by atoms with van der Waals surface area (Å²) < 4.78 is 1.31. The molecule has 22 heavy (non-hydrogen) atoms. The number of carboxylic acids is 1. The van der Waals surface area contributed by atoms with Crippen LogP contribution in [0.2, 0.25) is 10.0 Å². The highest BCUT2D eigenvalue weighted by Gasteiger charge is 2.19. The molecule has 110 valence electrons. The first-order chi connectivity index (χ1) is 10.6. The minimum absolute atomic E-state index is 0.0167. The van der Waals surface area contributed by atoms with Crippen molar-refractivity contribution in [3.05, 3.63) is 70.3 Å². The van der Waals surface area contributed by atoms with Gasteiger partial charge in [0.1, 0.15) is 0 Å². The first kappa shape index (κ1) is 14.6. The number of halogens is 2. The van der Waals surface area contributed by atoms with Crippen molar-refractivity contribution < 1.29 is 9.90 Å². The molecule has 2 aromatic carbocycles. The van der Waals surface area contributed by atoms with Crippen molar-refractivity contribution >= 4 is 29.2 Å². The fourth-order valence-corrected chi connectivity index (χ4v) is 2.59. The molecule has 3 aromatic rings. The van der Waals surface area contributed by atoms with Gasteiger partial charge in [-0.1, -0.05) is 53.5 Å². The van der Waals surface area contributed by atoms with E-state index < -0.39 is 5.97 Å². The van der Waals surface area contributed by atoms with Crippen LogP contribution in [-0.4, -0.2) is 20.9 Å². The first-order valence-corrected chi connectivity index (χ1v) is 7.16. The van der Waals surface area contributed by atoms with Gasteiger partial charge in [-0.25, -0.2) is 9.48 Å². The Morgan fingerprint density at radius 1 is 1.00 bits per heavy atom. The Hall–Kier alpha value is -2.30. The maximum Gasteiger partial charge on any atom is 0.354 e. The molecule has 0 aliphatic carbocycles. The largest absolute Gasteiger partial charge is 0.477 e. The van der Waals surface area contributed by atoms with Crippen molar-refractivity contribution in [3.63, 3.8) is 0 Å². The molecule has 0 spiro atoms. The summed E-state index contributed by atoms with van der Waals surface area (Å²) in [4.78, 5) is 11.5. The molecule has 1 heterocycles. The number of aromatic nitrogens is 2. The zero-order valence-electron chi connectivity index (χ0n) is 11.2. The molecule has 0 saturated heterocycles. The number of hydrogen-bond donors (Lipinski definition) is 1. The van der Waals surface area contributed by atoms with Gasteiger partial charge in [0, 0.05) is 5.56 Å². The quantitative estimate of drug-likeness (QED) is 0.765. The Bertz CT molecular complexity index is 859. The van der Waals surface area contributed by atoms with Crippen molar-refractivity contribution in [3.8, 4) is 16.9 Å². The fourth-order valence-electron chi connectivity index (χ4n) is 2.14. The van der Waals surface area contributed by atoms with Crippen LogP contribution in [0.4, 0.5) is 0 Å². The lowest BCUT2D eigenvalue weighted by atomic mass is 10.1. The molecule has 4 nitrogen and oxygen atoms in total. The maximum atomic E-state index is 11.5. The van der Waals surface area contributed by atoms with E-state index in [1.54, 1.807) is 42.5 Å². The lowest BCUT2D eigenvalue weighted by Crippen LogP contribution is -2.08. The summed E-state index contributed by atoms with van der Waals surface area (Å²) in [6.45, 7) is 0. The molecule has 0 bridgehead atoms. The molecule has 0 unspecified atom stereocenters. The van der Waals surface area contributed by atoms with Crippen molar-refractivity contribution in [2.45, 2.75) is 0 Å². The smallest absolute Gasteiger partial charge is 0.354 e. The minimum Gasteiger partial charge on any atom is -0.477 e. The topological polar surface area (TPSA) is 55.1 Å². The van der Waals surface area contributed by atoms with Crippen LogP contribution >= 0.6 is 23.2 Å². The van der Waals surface area contributed by atoms with E-state index in [1.165, 1.54) is 10.7 Å². The van der Waals surface area contributed by atoms with Crippen LogP contribution in [0, 0.1) is 0 Å². The number of nitrogens with zero attached hydrogens (tertiary/aromatic N) is 2. The highest BCUT2D eigenvalue weighted by molar-refractivity contribution is 6.33. The molecule has 0 aliphatic rings. The summed E-state index contributed by atoms with van der Waals surface area (Å²) in [5.41, 5.74) is 1.66. The summed E-state index contributed by atoms with van der Waals surface area (Å²) >= 11 is 12.3. The van der Waals surface area contributed by atoms with E-state index in [9.17, 15) is 9.90 Å². The number of para-hydroxylation sites is 1. The number of rotatable bonds is 3. The van der Waals surface area contributed by atoms with E-state index >= 15 is 0 Å². The predicted molar refractivity (Wildman–Crippen MR) is 86.0 cm³/mol. The van der Waals surface area contributed by atoms with Crippen LogP contribution in [-0.2, 0) is 0 Å². The van der Waals surface area contributed by atoms with E-state index in [1.807, 2.05) is 6.07 Å². The van der Waals surface area contributed by atoms with E-state index in [4.69, 9.17) is 23.2 Å². The standard InChI is InChI=1S/C16H10Cl2N2O2/c17-11-6-2-1-5-10(11)13-9-15(16(21)22)20(19-13)14-8-4-3-7-12(14)18/h1-9H,(H,21,22). The number of carbonyl (C=O) groups is 1. The Balaban J connectivity index is 2.22. The average Bonchev–Trinajstić information content (AvgIpc) is 2.93. The Morgan fingerprint density at radius 2 is 1.64 bits per heavy atom. The van der Waals surface area contributed by atoms with Gasteiger partial charge in [-0.05, 0) is 24.3 Å². The van der Waals surface area contributed by atoms with Crippen LogP contribution in [0.3, 0.4) is 0 Å². The second-order valence-corrected chi connectivity index (χ2v) is 5.38. The molecule has 1 aromatic heterocycles. The molecule has 0 aliphatic heterocycles. The predicted octanol–water partition coefficient (Wildman–Crippen LogP) is 4.54. The molecule has 3 rings (SSSR count). The lowest BCUT2D eigenvalue weighted by Gasteiger charge is -2.06. The van der Waals surface area contributed by atoms with Crippen LogP contribution in [0.1, 0.15) is 10.5 Å². The van der Waals surface area contributed by atoms with Crippen LogP contribution in [0.15, 0.2) is 54.6 Å². The molecule has 0 fully saturated rings. The van der Waals surface area contributed by atoms with Gasteiger partial charge in [0.15, 0.2) is 5.69 Å². The van der Waals surface area contributed by atoms with Crippen molar-refractivity contribution in [2.24, 2.45) is 0 Å². The van der Waals surface area contributed by atoms with Gasteiger partial charge < -0.3 is 5.11 Å². The zero-order chi connectivity index (χ0) is 15.7. The average molecular weight is 333 g/mol. The van der Waals surface area contributed by atoms with E-state index in [0.29, 0.717) is 27.0 Å². The minimum atomic E-state index is -1.09. The summed E-state index contributed by atoms with van der Waals surface area (Å²) in [5, 5.41) is 14.7. The molecular formula is C16H10Cl2N2O2. The van der Waals surface area contributed by atoms with E-state index in [2.05, 4.69) is 5.10 Å². The molecule has 6 heteroatoms. The summed E-state index contributed by atoms with van der Waals surface area (Å²) in [6.07, 6.45) is 0. The van der Waals surface area contributed by atoms with Crippen molar-refractivity contribution in [1.29, 1.82) is 0 Å². The summed E-state index contributed by atoms with van der Waals surface area (Å²) in [6, 6.07) is 15.5. The lowest BCUT2D eigenvalue weighted by molar-refractivity contribution is 0.0687. The van der Waals surface area contributed by atoms with Gasteiger partial charge in [0.25, 0.3) is 0 Å². The van der Waals surface area contributed by atoms with Gasteiger partial charge in [0.05, 0.1) is 21.4 Å². The molecule has 1 N–H and O–H groups in total. The monoisotopic (exact) mass is 332 g/mol. The van der Waals surface area contributed by atoms with E-state index in [0.717, 1.165) is 0 Å².